The van der Waals surface area contributed by atoms with E-state index >= 15 is 0 Å². The van der Waals surface area contributed by atoms with Gasteiger partial charge in [-0.05, 0) is 56.4 Å². The van der Waals surface area contributed by atoms with E-state index in [-0.39, 0.29) is 23.5 Å². The summed E-state index contributed by atoms with van der Waals surface area (Å²) in [5.74, 6) is 0.147. The number of halogens is 1. The van der Waals surface area contributed by atoms with Crippen molar-refractivity contribution in [1.29, 1.82) is 0 Å². The molecule has 10 heteroatoms. The minimum Gasteiger partial charge on any atom is -0.373 e. The van der Waals surface area contributed by atoms with E-state index in [1.165, 1.54) is 0 Å². The Morgan fingerprint density at radius 1 is 1.18 bits per heavy atom. The van der Waals surface area contributed by atoms with E-state index in [4.69, 9.17) is 4.74 Å². The van der Waals surface area contributed by atoms with Crippen molar-refractivity contribution >= 4 is 28.7 Å². The Labute approximate surface area is 220 Å². The lowest BCUT2D eigenvalue weighted by Gasteiger charge is -2.35. The third-order valence-corrected chi connectivity index (χ3v) is 7.14. The van der Waals surface area contributed by atoms with E-state index in [2.05, 4.69) is 30.4 Å². The highest BCUT2D eigenvalue weighted by atomic mass is 19.1. The summed E-state index contributed by atoms with van der Waals surface area (Å²) in [5, 5.41) is 6.25. The maximum absolute atomic E-state index is 14.6. The molecule has 1 saturated heterocycles. The van der Waals surface area contributed by atoms with Crippen LogP contribution in [0.3, 0.4) is 0 Å². The van der Waals surface area contributed by atoms with Gasteiger partial charge in [0.2, 0.25) is 0 Å². The number of hydrogen-bond donors (Lipinski definition) is 2. The Morgan fingerprint density at radius 2 is 2.05 bits per heavy atom. The second-order valence-electron chi connectivity index (χ2n) is 10.1. The molecule has 5 heterocycles. The van der Waals surface area contributed by atoms with Crippen molar-refractivity contribution in [3.05, 3.63) is 71.4 Å². The number of carbonyl (C=O) groups excluding carboxylic acids is 1. The molecule has 196 valence electrons. The molecule has 0 aliphatic carbocycles. The van der Waals surface area contributed by atoms with Gasteiger partial charge in [-0.2, -0.15) is 0 Å². The zero-order valence-electron chi connectivity index (χ0n) is 21.7. The van der Waals surface area contributed by atoms with Gasteiger partial charge in [-0.3, -0.25) is 9.20 Å². The number of aryl methyl sites for hydroxylation is 1. The number of pyridine rings is 2. The molecule has 9 nitrogen and oxygen atoms in total. The smallest absolute Gasteiger partial charge is 0.254 e. The molecular weight excluding hydrogens is 485 g/mol. The number of morpholine rings is 1. The van der Waals surface area contributed by atoms with Crippen molar-refractivity contribution in [1.82, 2.24) is 24.6 Å². The molecule has 6 rings (SSSR count). The van der Waals surface area contributed by atoms with Gasteiger partial charge in [-0.25, -0.2) is 14.4 Å². The highest BCUT2D eigenvalue weighted by molar-refractivity contribution is 6.06. The molecule has 0 bridgehead atoms. The van der Waals surface area contributed by atoms with Crippen molar-refractivity contribution < 1.29 is 13.9 Å². The fourth-order valence-corrected chi connectivity index (χ4v) is 5.26. The number of benzene rings is 1. The van der Waals surface area contributed by atoms with Gasteiger partial charge in [0, 0.05) is 37.9 Å². The van der Waals surface area contributed by atoms with E-state index in [1.807, 2.05) is 50.8 Å². The zero-order valence-corrected chi connectivity index (χ0v) is 21.7. The van der Waals surface area contributed by atoms with Crippen molar-refractivity contribution in [3.8, 4) is 11.3 Å². The summed E-state index contributed by atoms with van der Waals surface area (Å²) in [5.41, 5.74) is 5.50. The Balaban J connectivity index is 1.26. The molecule has 2 N–H and O–H groups in total. The predicted octanol–water partition coefficient (Wildman–Crippen LogP) is 3.60. The maximum Gasteiger partial charge on any atom is 0.254 e. The molecule has 3 aromatic heterocycles. The van der Waals surface area contributed by atoms with Crippen LogP contribution < -0.4 is 15.5 Å². The summed E-state index contributed by atoms with van der Waals surface area (Å²) in [7, 11) is 4.10. The normalized spacial score (nSPS) is 17.2. The summed E-state index contributed by atoms with van der Waals surface area (Å²) in [4.78, 5) is 26.2. The predicted molar refractivity (Wildman–Crippen MR) is 145 cm³/mol. The van der Waals surface area contributed by atoms with Gasteiger partial charge in [0.15, 0.2) is 11.5 Å². The standard InChI is InChI=1S/C28H30FN7O2/c1-17-8-9-36-23(14-31-27(36)26(17)29)20-5-6-22(25-21(20)13-32-28(25)37)33-24-7-4-18(12-30-24)35-10-11-38-19(16-35)15-34(2)3/h4-9,12,14,19H,10-11,13,15-16H2,1-3H3,(H,30,33)(H,32,37)/t19-/m1/s1. The van der Waals surface area contributed by atoms with Gasteiger partial charge in [-0.1, -0.05) is 6.07 Å². The van der Waals surface area contributed by atoms with Crippen LogP contribution in [0.5, 0.6) is 0 Å². The summed E-state index contributed by atoms with van der Waals surface area (Å²) < 4.78 is 22.2. The van der Waals surface area contributed by atoms with Crippen LogP contribution >= 0.6 is 0 Å². The minimum absolute atomic E-state index is 0.155. The fraction of sp³-hybridized carbons (Fsp3) is 0.321. The van der Waals surface area contributed by atoms with Gasteiger partial charge < -0.3 is 25.2 Å². The van der Waals surface area contributed by atoms with Crippen LogP contribution in [0.15, 0.2) is 48.9 Å². The van der Waals surface area contributed by atoms with Crippen molar-refractivity contribution in [2.24, 2.45) is 0 Å². The molecule has 0 unspecified atom stereocenters. The molecule has 0 spiro atoms. The topological polar surface area (TPSA) is 87.0 Å². The van der Waals surface area contributed by atoms with Gasteiger partial charge >= 0.3 is 0 Å². The summed E-state index contributed by atoms with van der Waals surface area (Å²) in [6, 6.07) is 9.50. The number of imidazole rings is 1. The quantitative estimate of drug-likeness (QED) is 0.406. The Kier molecular flexibility index (Phi) is 6.21. The number of hydrogen-bond acceptors (Lipinski definition) is 7. The Bertz CT molecular complexity index is 1520. The monoisotopic (exact) mass is 515 g/mol. The summed E-state index contributed by atoms with van der Waals surface area (Å²) in [6.07, 6.45) is 5.47. The van der Waals surface area contributed by atoms with Crippen LogP contribution in [0.1, 0.15) is 21.5 Å². The van der Waals surface area contributed by atoms with Gasteiger partial charge in [0.05, 0.1) is 47.7 Å². The molecule has 38 heavy (non-hydrogen) atoms. The van der Waals surface area contributed by atoms with Crippen LogP contribution in [-0.2, 0) is 11.3 Å². The molecule has 2 aliphatic rings. The number of aromatic nitrogens is 3. The molecule has 1 atom stereocenters. The number of anilines is 3. The SMILES string of the molecule is Cc1ccn2c(-c3ccc(Nc4ccc(N5CCO[C@H](CN(C)C)C5)cn4)c4c3CNC4=O)cnc2c1F. The summed E-state index contributed by atoms with van der Waals surface area (Å²) in [6.45, 7) is 5.29. The first-order chi connectivity index (χ1) is 18.4. The average Bonchev–Trinajstić information content (AvgIpc) is 3.51. The van der Waals surface area contributed by atoms with Crippen LogP contribution in [-0.4, -0.2) is 71.6 Å². The van der Waals surface area contributed by atoms with Crippen molar-refractivity contribution in [2.45, 2.75) is 19.6 Å². The molecule has 1 aromatic carbocycles. The van der Waals surface area contributed by atoms with E-state index < -0.39 is 0 Å². The van der Waals surface area contributed by atoms with Gasteiger partial charge in [-0.15, -0.1) is 0 Å². The molecule has 1 fully saturated rings. The first kappa shape index (κ1) is 24.3. The van der Waals surface area contributed by atoms with E-state index in [9.17, 15) is 9.18 Å². The van der Waals surface area contributed by atoms with Crippen LogP contribution in [0.2, 0.25) is 0 Å². The lowest BCUT2D eigenvalue weighted by Crippen LogP contribution is -2.46. The molecule has 4 aromatic rings. The van der Waals surface area contributed by atoms with Gasteiger partial charge in [0.25, 0.3) is 5.91 Å². The first-order valence-electron chi connectivity index (χ1n) is 12.7. The lowest BCUT2D eigenvalue weighted by molar-refractivity contribution is 0.0247. The number of likely N-dealkylation sites (N-methyl/N-ethyl adjacent to an activating group) is 1. The number of nitrogens with zero attached hydrogens (tertiary/aromatic N) is 5. The van der Waals surface area contributed by atoms with E-state index in [1.54, 1.807) is 23.6 Å². The Hall–Kier alpha value is -4.02. The van der Waals surface area contributed by atoms with E-state index in [0.717, 1.165) is 42.1 Å². The molecule has 0 radical (unpaired) electrons. The zero-order chi connectivity index (χ0) is 26.4. The molecule has 2 aliphatic heterocycles. The van der Waals surface area contributed by atoms with Crippen molar-refractivity contribution in [3.63, 3.8) is 0 Å². The number of carbonyl (C=O) groups is 1. The second-order valence-corrected chi connectivity index (χ2v) is 10.1. The number of ether oxygens (including phenoxy) is 1. The fourth-order valence-electron chi connectivity index (χ4n) is 5.26. The molecule has 1 amide bonds. The third-order valence-electron chi connectivity index (χ3n) is 7.14. The second kappa shape index (κ2) is 9.70. The third kappa shape index (κ3) is 4.35. The molecule has 0 saturated carbocycles. The average molecular weight is 516 g/mol. The highest BCUT2D eigenvalue weighted by Gasteiger charge is 2.28. The molecular formula is C28H30FN7O2. The minimum atomic E-state index is -0.345. The highest BCUT2D eigenvalue weighted by Crippen LogP contribution is 2.36. The number of amides is 1. The lowest BCUT2D eigenvalue weighted by atomic mass is 9.99. The largest absolute Gasteiger partial charge is 0.373 e. The van der Waals surface area contributed by atoms with Crippen LogP contribution in [0.25, 0.3) is 16.9 Å². The van der Waals surface area contributed by atoms with Crippen LogP contribution in [0, 0.1) is 12.7 Å². The number of nitrogens with one attached hydrogen (secondary N) is 2. The number of fused-ring (bicyclic) bond motifs is 2. The Morgan fingerprint density at radius 3 is 2.84 bits per heavy atom. The van der Waals surface area contributed by atoms with Crippen molar-refractivity contribution in [2.75, 3.05) is 50.6 Å². The summed E-state index contributed by atoms with van der Waals surface area (Å²) >= 11 is 0. The van der Waals surface area contributed by atoms with E-state index in [0.29, 0.717) is 35.8 Å². The van der Waals surface area contributed by atoms with Gasteiger partial charge in [0.1, 0.15) is 5.82 Å². The van der Waals surface area contributed by atoms with Crippen LogP contribution in [0.4, 0.5) is 21.6 Å². The number of rotatable bonds is 6. The maximum atomic E-state index is 14.6. The first-order valence-corrected chi connectivity index (χ1v) is 12.7.